The van der Waals surface area contributed by atoms with Crippen molar-refractivity contribution in [3.63, 3.8) is 0 Å². The Balaban J connectivity index is 2.65. The molecule has 0 aliphatic carbocycles. The summed E-state index contributed by atoms with van der Waals surface area (Å²) in [6.07, 6.45) is -4.40. The van der Waals surface area contributed by atoms with Crippen molar-refractivity contribution in [1.82, 2.24) is 0 Å². The van der Waals surface area contributed by atoms with Crippen LogP contribution >= 0.6 is 23.4 Å². The molecule has 1 rings (SSSR count). The fraction of sp³-hybridized carbons (Fsp3) is 0.333. The first-order chi connectivity index (χ1) is 6.93. The summed E-state index contributed by atoms with van der Waals surface area (Å²) in [6.45, 7) is 0. The Morgan fingerprint density at radius 1 is 1.27 bits per heavy atom. The molecule has 0 heterocycles. The minimum atomic E-state index is -4.40. The number of hydrogen-bond donors (Lipinski definition) is 0. The highest BCUT2D eigenvalue weighted by atomic mass is 35.5. The maximum Gasteiger partial charge on any atom is 0.414 e. The average molecular weight is 257 g/mol. The standard InChI is InChI=1S/C9H8ClF3OS/c1-14-6-2-4-7(5-3-6)15-8(10)9(11,12)13/h2-5,8H,1H3. The zero-order chi connectivity index (χ0) is 11.5. The van der Waals surface area contributed by atoms with Crippen LogP contribution in [0.3, 0.4) is 0 Å². The van der Waals surface area contributed by atoms with E-state index in [1.807, 2.05) is 0 Å². The Morgan fingerprint density at radius 3 is 2.20 bits per heavy atom. The van der Waals surface area contributed by atoms with Crippen LogP contribution in [-0.4, -0.2) is 18.0 Å². The van der Waals surface area contributed by atoms with Gasteiger partial charge in [0.2, 0.25) is 0 Å². The molecule has 1 atom stereocenters. The average Bonchev–Trinajstić information content (AvgIpc) is 2.17. The van der Waals surface area contributed by atoms with Crippen molar-refractivity contribution in [3.8, 4) is 5.75 Å². The lowest BCUT2D eigenvalue weighted by molar-refractivity contribution is -0.113. The second kappa shape index (κ2) is 4.99. The van der Waals surface area contributed by atoms with E-state index in [1.54, 1.807) is 12.1 Å². The Bertz CT molecular complexity index is 312. The molecule has 15 heavy (non-hydrogen) atoms. The minimum Gasteiger partial charge on any atom is -0.497 e. The summed E-state index contributed by atoms with van der Waals surface area (Å²) in [4.78, 5) is 0.452. The lowest BCUT2D eigenvalue weighted by Gasteiger charge is -2.12. The smallest absolute Gasteiger partial charge is 0.414 e. The van der Waals surface area contributed by atoms with E-state index < -0.39 is 10.9 Å². The molecule has 1 aromatic carbocycles. The van der Waals surface area contributed by atoms with Gasteiger partial charge in [-0.3, -0.25) is 0 Å². The molecule has 0 aliphatic heterocycles. The molecule has 0 saturated carbocycles. The number of alkyl halides is 4. The van der Waals surface area contributed by atoms with Gasteiger partial charge in [-0.25, -0.2) is 0 Å². The predicted molar refractivity (Wildman–Crippen MR) is 54.5 cm³/mol. The fourth-order valence-electron chi connectivity index (χ4n) is 0.841. The lowest BCUT2D eigenvalue weighted by Crippen LogP contribution is -2.19. The Hall–Kier alpha value is -0.550. The van der Waals surface area contributed by atoms with Crippen molar-refractivity contribution in [2.24, 2.45) is 0 Å². The highest BCUT2D eigenvalue weighted by molar-refractivity contribution is 8.01. The van der Waals surface area contributed by atoms with Gasteiger partial charge in [0.15, 0.2) is 4.71 Å². The first-order valence-corrected chi connectivity index (χ1v) is 5.26. The van der Waals surface area contributed by atoms with Crippen LogP contribution in [0.25, 0.3) is 0 Å². The summed E-state index contributed by atoms with van der Waals surface area (Å²) < 4.78 is 39.3. The van der Waals surface area contributed by atoms with Gasteiger partial charge < -0.3 is 4.74 Å². The first kappa shape index (κ1) is 12.5. The van der Waals surface area contributed by atoms with Crippen molar-refractivity contribution in [1.29, 1.82) is 0 Å². The van der Waals surface area contributed by atoms with Crippen LogP contribution in [0.5, 0.6) is 5.75 Å². The van der Waals surface area contributed by atoms with E-state index in [1.165, 1.54) is 19.2 Å². The Morgan fingerprint density at radius 2 is 1.80 bits per heavy atom. The predicted octanol–water partition coefficient (Wildman–Crippen LogP) is 3.91. The van der Waals surface area contributed by atoms with Crippen molar-refractivity contribution in [3.05, 3.63) is 24.3 Å². The second-order valence-corrected chi connectivity index (χ2v) is 4.52. The number of ether oxygens (including phenoxy) is 1. The summed E-state index contributed by atoms with van der Waals surface area (Å²) in [5.41, 5.74) is 0. The second-order valence-electron chi connectivity index (χ2n) is 2.65. The Labute approximate surface area is 94.6 Å². The number of rotatable bonds is 3. The monoisotopic (exact) mass is 256 g/mol. The van der Waals surface area contributed by atoms with E-state index in [0.29, 0.717) is 22.4 Å². The highest BCUT2D eigenvalue weighted by Gasteiger charge is 2.38. The summed E-state index contributed by atoms with van der Waals surface area (Å²) in [5, 5.41) is 0. The number of thioether (sulfide) groups is 1. The van der Waals surface area contributed by atoms with E-state index in [9.17, 15) is 13.2 Å². The summed E-state index contributed by atoms with van der Waals surface area (Å²) in [7, 11) is 1.49. The van der Waals surface area contributed by atoms with Gasteiger partial charge in [-0.15, -0.1) is 11.6 Å². The van der Waals surface area contributed by atoms with Crippen LogP contribution in [0.4, 0.5) is 13.2 Å². The number of halogens is 4. The third-order valence-corrected chi connectivity index (χ3v) is 3.09. The molecule has 1 unspecified atom stereocenters. The third-order valence-electron chi connectivity index (χ3n) is 1.56. The van der Waals surface area contributed by atoms with Gasteiger partial charge in [-0.1, -0.05) is 11.8 Å². The molecule has 6 heteroatoms. The van der Waals surface area contributed by atoms with Crippen LogP contribution < -0.4 is 4.74 Å². The van der Waals surface area contributed by atoms with E-state index in [0.717, 1.165) is 0 Å². The highest BCUT2D eigenvalue weighted by Crippen LogP contribution is 2.37. The van der Waals surface area contributed by atoms with Crippen LogP contribution in [-0.2, 0) is 0 Å². The summed E-state index contributed by atoms with van der Waals surface area (Å²) >= 11 is 5.73. The maximum atomic E-state index is 12.1. The van der Waals surface area contributed by atoms with Crippen molar-refractivity contribution >= 4 is 23.4 Å². The molecule has 1 aromatic rings. The van der Waals surface area contributed by atoms with E-state index >= 15 is 0 Å². The molecule has 0 radical (unpaired) electrons. The van der Waals surface area contributed by atoms with Gasteiger partial charge in [0.25, 0.3) is 0 Å². The molecule has 0 aliphatic rings. The summed E-state index contributed by atoms with van der Waals surface area (Å²) in [5.74, 6) is 0.595. The molecular formula is C9H8ClF3OS. The van der Waals surface area contributed by atoms with Gasteiger partial charge >= 0.3 is 6.18 Å². The summed E-state index contributed by atoms with van der Waals surface area (Å²) in [6, 6.07) is 6.24. The topological polar surface area (TPSA) is 9.23 Å². The fourth-order valence-corrected chi connectivity index (χ4v) is 1.81. The molecule has 0 amide bonds. The molecule has 84 valence electrons. The zero-order valence-corrected chi connectivity index (χ0v) is 9.29. The molecule has 0 fully saturated rings. The number of benzene rings is 1. The van der Waals surface area contributed by atoms with Gasteiger partial charge in [0.05, 0.1) is 7.11 Å². The van der Waals surface area contributed by atoms with Crippen LogP contribution in [0, 0.1) is 0 Å². The Kier molecular flexibility index (Phi) is 4.16. The zero-order valence-electron chi connectivity index (χ0n) is 7.72. The van der Waals surface area contributed by atoms with Crippen molar-refractivity contribution < 1.29 is 17.9 Å². The molecule has 0 bridgehead atoms. The van der Waals surface area contributed by atoms with Gasteiger partial charge in [-0.05, 0) is 24.3 Å². The maximum absolute atomic E-state index is 12.1. The molecule has 0 aromatic heterocycles. The van der Waals surface area contributed by atoms with Gasteiger partial charge in [0, 0.05) is 4.90 Å². The number of hydrogen-bond acceptors (Lipinski definition) is 2. The molecule has 0 spiro atoms. The third kappa shape index (κ3) is 3.83. The quantitative estimate of drug-likeness (QED) is 0.599. The first-order valence-electron chi connectivity index (χ1n) is 3.95. The SMILES string of the molecule is COc1ccc(SC(Cl)C(F)(F)F)cc1. The molecular weight excluding hydrogens is 249 g/mol. The van der Waals surface area contributed by atoms with Crippen molar-refractivity contribution in [2.45, 2.75) is 15.8 Å². The van der Waals surface area contributed by atoms with E-state index in [2.05, 4.69) is 0 Å². The van der Waals surface area contributed by atoms with Gasteiger partial charge in [0.1, 0.15) is 5.75 Å². The van der Waals surface area contributed by atoms with E-state index in [-0.39, 0.29) is 0 Å². The normalized spacial score (nSPS) is 13.7. The van der Waals surface area contributed by atoms with E-state index in [4.69, 9.17) is 16.3 Å². The van der Waals surface area contributed by atoms with Crippen LogP contribution in [0.2, 0.25) is 0 Å². The molecule has 1 nitrogen and oxygen atoms in total. The molecule has 0 N–H and O–H groups in total. The van der Waals surface area contributed by atoms with Gasteiger partial charge in [-0.2, -0.15) is 13.2 Å². The van der Waals surface area contributed by atoms with Crippen LogP contribution in [0.15, 0.2) is 29.2 Å². The molecule has 0 saturated heterocycles. The number of methoxy groups -OCH3 is 1. The minimum absolute atomic E-state index is 0.452. The van der Waals surface area contributed by atoms with Crippen molar-refractivity contribution in [2.75, 3.05) is 7.11 Å². The lowest BCUT2D eigenvalue weighted by atomic mass is 10.3. The largest absolute Gasteiger partial charge is 0.497 e. The van der Waals surface area contributed by atoms with Crippen LogP contribution in [0.1, 0.15) is 0 Å².